The Hall–Kier alpha value is -0.580. The van der Waals surface area contributed by atoms with Crippen molar-refractivity contribution in [3.05, 3.63) is 17.2 Å². The highest BCUT2D eigenvalue weighted by atomic mass is 35.5. The number of aromatic hydroxyl groups is 1. The number of nitrogens with two attached hydrogens (primary N) is 1. The fourth-order valence-corrected chi connectivity index (χ4v) is 4.94. The van der Waals surface area contributed by atoms with E-state index in [1.54, 1.807) is 17.8 Å². The molecule has 104 valence electrons. The number of piperidine rings is 1. The third-order valence-electron chi connectivity index (χ3n) is 4.46. The highest BCUT2D eigenvalue weighted by Gasteiger charge is 2.38. The Bertz CT molecular complexity index is 483. The van der Waals surface area contributed by atoms with Gasteiger partial charge >= 0.3 is 0 Å². The first kappa shape index (κ1) is 13.4. The van der Waals surface area contributed by atoms with Gasteiger partial charge in [-0.1, -0.05) is 11.6 Å². The lowest BCUT2D eigenvalue weighted by atomic mass is 10.0. The molecule has 0 aromatic heterocycles. The van der Waals surface area contributed by atoms with E-state index in [9.17, 15) is 5.11 Å². The second kappa shape index (κ2) is 5.08. The first-order chi connectivity index (χ1) is 9.06. The molecule has 2 atom stereocenters. The van der Waals surface area contributed by atoms with E-state index >= 15 is 0 Å². The molecule has 1 aromatic rings. The van der Waals surface area contributed by atoms with Crippen LogP contribution >= 0.6 is 23.4 Å². The molecule has 2 saturated heterocycles. The molecule has 2 heterocycles. The molecule has 1 aromatic carbocycles. The average Bonchev–Trinajstić information content (AvgIpc) is 2.63. The topological polar surface area (TPSA) is 49.5 Å². The van der Waals surface area contributed by atoms with Crippen molar-refractivity contribution in [2.75, 3.05) is 12.8 Å². The zero-order valence-electron chi connectivity index (χ0n) is 11.0. The summed E-state index contributed by atoms with van der Waals surface area (Å²) in [5, 5.41) is 10.8. The molecule has 3 N–H and O–H groups in total. The second-order valence-corrected chi connectivity index (χ2v) is 7.30. The Labute approximate surface area is 123 Å². The molecule has 2 unspecified atom stereocenters. The number of fused-ring (bicyclic) bond motifs is 2. The number of rotatable bonds is 2. The van der Waals surface area contributed by atoms with Crippen molar-refractivity contribution in [2.24, 2.45) is 0 Å². The molecule has 2 aliphatic rings. The summed E-state index contributed by atoms with van der Waals surface area (Å²) < 4.78 is 0. The minimum absolute atomic E-state index is 0.0163. The van der Waals surface area contributed by atoms with E-state index in [4.69, 9.17) is 17.3 Å². The van der Waals surface area contributed by atoms with E-state index in [1.807, 2.05) is 6.07 Å². The van der Waals surface area contributed by atoms with Crippen LogP contribution in [-0.4, -0.2) is 34.4 Å². The van der Waals surface area contributed by atoms with Gasteiger partial charge in [0, 0.05) is 22.2 Å². The predicted octanol–water partition coefficient (Wildman–Crippen LogP) is 3.35. The van der Waals surface area contributed by atoms with Gasteiger partial charge in [0.15, 0.2) is 5.75 Å². The molecule has 0 radical (unpaired) electrons. The summed E-state index contributed by atoms with van der Waals surface area (Å²) in [6.07, 6.45) is 5.05. The third kappa shape index (κ3) is 2.41. The maximum atomic E-state index is 9.80. The van der Waals surface area contributed by atoms with E-state index < -0.39 is 0 Å². The summed E-state index contributed by atoms with van der Waals surface area (Å²) in [5.74, 6) is 0.0163. The van der Waals surface area contributed by atoms with Crippen LogP contribution in [0, 0.1) is 0 Å². The number of benzene rings is 1. The highest BCUT2D eigenvalue weighted by molar-refractivity contribution is 8.00. The Balaban J connectivity index is 1.75. The van der Waals surface area contributed by atoms with Gasteiger partial charge in [0.1, 0.15) is 0 Å². The van der Waals surface area contributed by atoms with E-state index in [-0.39, 0.29) is 5.75 Å². The first-order valence-corrected chi connectivity index (χ1v) is 7.97. The molecule has 2 bridgehead atoms. The molecule has 5 heteroatoms. The SMILES string of the molecule is CN1C2CCC1CC(Sc1ccc(N)c(O)c1Cl)C2. The molecule has 19 heavy (non-hydrogen) atoms. The smallest absolute Gasteiger partial charge is 0.158 e. The van der Waals surface area contributed by atoms with Crippen LogP contribution in [0.1, 0.15) is 25.7 Å². The highest BCUT2D eigenvalue weighted by Crippen LogP contribution is 2.45. The van der Waals surface area contributed by atoms with Crippen LogP contribution in [0.5, 0.6) is 5.75 Å². The molecular weight excluding hydrogens is 280 g/mol. The van der Waals surface area contributed by atoms with Crippen LogP contribution in [-0.2, 0) is 0 Å². The first-order valence-electron chi connectivity index (χ1n) is 6.71. The molecule has 0 spiro atoms. The molecular formula is C14H19ClN2OS. The number of phenols is 1. The summed E-state index contributed by atoms with van der Waals surface area (Å²) in [4.78, 5) is 3.47. The zero-order chi connectivity index (χ0) is 13.6. The quantitative estimate of drug-likeness (QED) is 0.649. The van der Waals surface area contributed by atoms with Crippen molar-refractivity contribution in [2.45, 2.75) is 47.9 Å². The Morgan fingerprint density at radius 2 is 1.95 bits per heavy atom. The van der Waals surface area contributed by atoms with E-state index in [2.05, 4.69) is 11.9 Å². The Kier molecular flexibility index (Phi) is 3.58. The summed E-state index contributed by atoms with van der Waals surface area (Å²) in [5.41, 5.74) is 5.99. The van der Waals surface area contributed by atoms with Crippen LogP contribution in [0.4, 0.5) is 5.69 Å². The van der Waals surface area contributed by atoms with Gasteiger partial charge in [-0.3, -0.25) is 0 Å². The van der Waals surface area contributed by atoms with Gasteiger partial charge in [-0.15, -0.1) is 11.8 Å². The molecule has 2 aliphatic heterocycles. The Morgan fingerprint density at radius 1 is 1.32 bits per heavy atom. The monoisotopic (exact) mass is 298 g/mol. The lowest BCUT2D eigenvalue weighted by Crippen LogP contribution is -2.40. The van der Waals surface area contributed by atoms with Crippen molar-refractivity contribution in [3.63, 3.8) is 0 Å². The fourth-order valence-electron chi connectivity index (χ4n) is 3.29. The number of phenolic OH excluding ortho intramolecular Hbond substituents is 1. The van der Waals surface area contributed by atoms with Crippen LogP contribution in [0.3, 0.4) is 0 Å². The van der Waals surface area contributed by atoms with Crippen molar-refractivity contribution in [3.8, 4) is 5.75 Å². The standard InChI is InChI=1S/C14H19ClN2OS/c1-17-8-2-3-9(17)7-10(6-8)19-12-5-4-11(16)14(18)13(12)15/h4-5,8-10,18H,2-3,6-7,16H2,1H3. The molecule has 0 saturated carbocycles. The van der Waals surface area contributed by atoms with Gasteiger partial charge < -0.3 is 15.7 Å². The minimum atomic E-state index is 0.0163. The number of hydrogen-bond acceptors (Lipinski definition) is 4. The summed E-state index contributed by atoms with van der Waals surface area (Å²) >= 11 is 7.96. The van der Waals surface area contributed by atoms with Gasteiger partial charge in [-0.25, -0.2) is 0 Å². The van der Waals surface area contributed by atoms with Crippen molar-refractivity contribution >= 4 is 29.1 Å². The van der Waals surface area contributed by atoms with Crippen LogP contribution in [0.15, 0.2) is 17.0 Å². The number of nitrogen functional groups attached to an aromatic ring is 1. The van der Waals surface area contributed by atoms with Crippen molar-refractivity contribution in [1.29, 1.82) is 0 Å². The number of anilines is 1. The lowest BCUT2D eigenvalue weighted by Gasteiger charge is -2.36. The predicted molar refractivity (Wildman–Crippen MR) is 81.0 cm³/mol. The molecule has 3 nitrogen and oxygen atoms in total. The van der Waals surface area contributed by atoms with E-state index in [0.717, 1.165) is 17.0 Å². The normalized spacial score (nSPS) is 30.7. The number of halogens is 1. The van der Waals surface area contributed by atoms with E-state index in [0.29, 0.717) is 16.0 Å². The summed E-state index contributed by atoms with van der Waals surface area (Å²) in [7, 11) is 2.24. The summed E-state index contributed by atoms with van der Waals surface area (Å²) in [6.45, 7) is 0. The van der Waals surface area contributed by atoms with Gasteiger partial charge in [0.25, 0.3) is 0 Å². The third-order valence-corrected chi connectivity index (χ3v) is 6.27. The maximum absolute atomic E-state index is 9.80. The zero-order valence-corrected chi connectivity index (χ0v) is 12.5. The van der Waals surface area contributed by atoms with Crippen LogP contribution in [0.25, 0.3) is 0 Å². The molecule has 3 rings (SSSR count). The van der Waals surface area contributed by atoms with Crippen LogP contribution in [0.2, 0.25) is 5.02 Å². The van der Waals surface area contributed by atoms with Crippen molar-refractivity contribution in [1.82, 2.24) is 4.90 Å². The van der Waals surface area contributed by atoms with Crippen molar-refractivity contribution < 1.29 is 5.11 Å². The molecule has 0 amide bonds. The van der Waals surface area contributed by atoms with E-state index in [1.165, 1.54) is 25.7 Å². The van der Waals surface area contributed by atoms with Crippen LogP contribution < -0.4 is 5.73 Å². The maximum Gasteiger partial charge on any atom is 0.158 e. The van der Waals surface area contributed by atoms with Gasteiger partial charge in [-0.05, 0) is 44.9 Å². The second-order valence-electron chi connectivity index (χ2n) is 5.58. The number of nitrogens with zero attached hydrogens (tertiary/aromatic N) is 1. The van der Waals surface area contributed by atoms with Gasteiger partial charge in [0.05, 0.1) is 10.7 Å². The fraction of sp³-hybridized carbons (Fsp3) is 0.571. The number of hydrogen-bond donors (Lipinski definition) is 2. The van der Waals surface area contributed by atoms with Gasteiger partial charge in [0.2, 0.25) is 0 Å². The largest absolute Gasteiger partial charge is 0.504 e. The molecule has 2 fully saturated rings. The minimum Gasteiger partial charge on any atom is -0.504 e. The van der Waals surface area contributed by atoms with Gasteiger partial charge in [-0.2, -0.15) is 0 Å². The average molecular weight is 299 g/mol. The Morgan fingerprint density at radius 3 is 2.58 bits per heavy atom. The number of thioether (sulfide) groups is 1. The summed E-state index contributed by atoms with van der Waals surface area (Å²) in [6, 6.07) is 5.09. The lowest BCUT2D eigenvalue weighted by molar-refractivity contribution is 0.183. The molecule has 0 aliphatic carbocycles.